The summed E-state index contributed by atoms with van der Waals surface area (Å²) in [5, 5.41) is 4.56. The van der Waals surface area contributed by atoms with Crippen LogP contribution in [0.25, 0.3) is 0 Å². The van der Waals surface area contributed by atoms with Crippen LogP contribution in [0.2, 0.25) is 5.02 Å². The molecule has 0 saturated carbocycles. The fourth-order valence-electron chi connectivity index (χ4n) is 2.99. The van der Waals surface area contributed by atoms with E-state index >= 15 is 0 Å². The Kier molecular flexibility index (Phi) is 6.36. The van der Waals surface area contributed by atoms with Crippen molar-refractivity contribution in [2.45, 2.75) is 6.54 Å². The molecule has 2 aromatic carbocycles. The molecule has 1 heterocycles. The van der Waals surface area contributed by atoms with Gasteiger partial charge in [-0.3, -0.25) is 0 Å². The molecule has 2 aromatic rings. The first-order chi connectivity index (χ1) is 13.8. The van der Waals surface area contributed by atoms with Gasteiger partial charge < -0.3 is 20.1 Å². The van der Waals surface area contributed by atoms with E-state index in [2.05, 4.69) is 5.10 Å². The summed E-state index contributed by atoms with van der Waals surface area (Å²) in [5.41, 5.74) is 6.32. The van der Waals surface area contributed by atoms with Gasteiger partial charge in [0.25, 0.3) is 0 Å². The Balaban J connectivity index is 2.08. The number of amidine groups is 1. The SMILES string of the molecule is COCN(N)/N=C(\N)c1c(F)c(Cl)cc2c1N(Cc1ccc(F)cc1F)CCO2. The van der Waals surface area contributed by atoms with Gasteiger partial charge in [0.2, 0.25) is 0 Å². The van der Waals surface area contributed by atoms with E-state index < -0.39 is 17.5 Å². The van der Waals surface area contributed by atoms with E-state index in [1.807, 2.05) is 0 Å². The van der Waals surface area contributed by atoms with Crippen molar-refractivity contribution in [1.82, 2.24) is 5.12 Å². The van der Waals surface area contributed by atoms with Gasteiger partial charge in [0, 0.05) is 31.4 Å². The molecule has 156 valence electrons. The van der Waals surface area contributed by atoms with Crippen LogP contribution >= 0.6 is 11.6 Å². The normalized spacial score (nSPS) is 13.9. The van der Waals surface area contributed by atoms with E-state index in [0.29, 0.717) is 6.54 Å². The van der Waals surface area contributed by atoms with Crippen molar-refractivity contribution in [2.75, 3.05) is 31.9 Å². The van der Waals surface area contributed by atoms with Gasteiger partial charge in [0.15, 0.2) is 18.4 Å². The maximum absolute atomic E-state index is 14.9. The topological polar surface area (TPSA) is 89.3 Å². The summed E-state index contributed by atoms with van der Waals surface area (Å²) in [4.78, 5) is 1.66. The Bertz CT molecular complexity index is 944. The van der Waals surface area contributed by atoms with Crippen LogP contribution < -0.4 is 21.2 Å². The first-order valence-corrected chi connectivity index (χ1v) is 8.89. The molecule has 1 aliphatic rings. The molecule has 3 rings (SSSR count). The lowest BCUT2D eigenvalue weighted by Crippen LogP contribution is -2.36. The molecule has 4 N–H and O–H groups in total. The zero-order valence-electron chi connectivity index (χ0n) is 15.5. The number of nitrogens with zero attached hydrogens (tertiary/aromatic N) is 3. The van der Waals surface area contributed by atoms with Crippen molar-refractivity contribution in [3.8, 4) is 5.75 Å². The lowest BCUT2D eigenvalue weighted by atomic mass is 10.1. The molecule has 7 nitrogen and oxygen atoms in total. The first kappa shape index (κ1) is 21.0. The number of methoxy groups -OCH3 is 1. The van der Waals surface area contributed by atoms with Gasteiger partial charge in [0.05, 0.1) is 22.8 Å². The Morgan fingerprint density at radius 2 is 2.10 bits per heavy atom. The maximum atomic E-state index is 14.9. The fourth-order valence-corrected chi connectivity index (χ4v) is 3.19. The van der Waals surface area contributed by atoms with Crippen molar-refractivity contribution < 1.29 is 22.6 Å². The molecular weight excluding hydrogens is 411 g/mol. The van der Waals surface area contributed by atoms with Gasteiger partial charge in [-0.25, -0.2) is 24.1 Å². The highest BCUT2D eigenvalue weighted by atomic mass is 35.5. The quantitative estimate of drug-likeness (QED) is 0.241. The summed E-state index contributed by atoms with van der Waals surface area (Å²) in [5.74, 6) is 3.39. The van der Waals surface area contributed by atoms with Gasteiger partial charge in [-0.2, -0.15) is 0 Å². The van der Waals surface area contributed by atoms with Crippen LogP contribution in [0.15, 0.2) is 29.4 Å². The number of rotatable bonds is 6. The molecule has 0 aliphatic carbocycles. The molecule has 0 unspecified atom stereocenters. The highest BCUT2D eigenvalue weighted by Crippen LogP contribution is 2.40. The van der Waals surface area contributed by atoms with E-state index in [1.54, 1.807) is 4.90 Å². The third-order valence-electron chi connectivity index (χ3n) is 4.22. The first-order valence-electron chi connectivity index (χ1n) is 8.51. The predicted molar refractivity (Wildman–Crippen MR) is 103 cm³/mol. The Morgan fingerprint density at radius 3 is 2.79 bits per heavy atom. The number of hydrogen-bond donors (Lipinski definition) is 2. The smallest absolute Gasteiger partial charge is 0.157 e. The Hall–Kier alpha value is -2.69. The standard InChI is InChI=1S/C18H19ClF3N5O2/c1-28-9-27(24)25-18(23)15-16(22)12(19)7-14-17(15)26(4-5-29-14)8-10-2-3-11(20)6-13(10)21/h2-3,6-7H,4-5,8-9,24H2,1H3,(H2,23,25). The molecule has 0 atom stereocenters. The second kappa shape index (κ2) is 8.76. The zero-order valence-corrected chi connectivity index (χ0v) is 16.2. The molecule has 0 saturated heterocycles. The summed E-state index contributed by atoms with van der Waals surface area (Å²) < 4.78 is 52.7. The van der Waals surface area contributed by atoms with Crippen molar-refractivity contribution >= 4 is 23.1 Å². The van der Waals surface area contributed by atoms with Crippen molar-refractivity contribution in [2.24, 2.45) is 16.7 Å². The Morgan fingerprint density at radius 1 is 1.34 bits per heavy atom. The minimum Gasteiger partial charge on any atom is -0.489 e. The van der Waals surface area contributed by atoms with Gasteiger partial charge in [-0.1, -0.05) is 17.7 Å². The summed E-state index contributed by atoms with van der Waals surface area (Å²) in [6.07, 6.45) is 0. The molecule has 1 aliphatic heterocycles. The van der Waals surface area contributed by atoms with Crippen LogP contribution in [0.4, 0.5) is 18.9 Å². The van der Waals surface area contributed by atoms with Crippen LogP contribution in [0.1, 0.15) is 11.1 Å². The molecule has 0 aromatic heterocycles. The number of ether oxygens (including phenoxy) is 2. The third-order valence-corrected chi connectivity index (χ3v) is 4.50. The number of nitrogens with two attached hydrogens (primary N) is 2. The summed E-state index contributed by atoms with van der Waals surface area (Å²) in [6, 6.07) is 4.57. The number of anilines is 1. The number of hydrazone groups is 1. The molecular formula is C18H19ClF3N5O2. The van der Waals surface area contributed by atoms with E-state index in [4.69, 9.17) is 32.7 Å². The number of hydrazine groups is 1. The lowest BCUT2D eigenvalue weighted by Gasteiger charge is -2.33. The molecule has 11 heteroatoms. The second-order valence-electron chi connectivity index (χ2n) is 6.24. The summed E-state index contributed by atoms with van der Waals surface area (Å²) >= 11 is 5.99. The van der Waals surface area contributed by atoms with E-state index in [9.17, 15) is 13.2 Å². The monoisotopic (exact) mass is 429 g/mol. The third kappa shape index (κ3) is 4.50. The van der Waals surface area contributed by atoms with Crippen LogP contribution in [0.3, 0.4) is 0 Å². The minimum atomic E-state index is -0.826. The molecule has 0 radical (unpaired) electrons. The van der Waals surface area contributed by atoms with Crippen LogP contribution in [-0.2, 0) is 11.3 Å². The second-order valence-corrected chi connectivity index (χ2v) is 6.65. The zero-order chi connectivity index (χ0) is 21.1. The van der Waals surface area contributed by atoms with E-state index in [0.717, 1.165) is 17.3 Å². The van der Waals surface area contributed by atoms with E-state index in [-0.39, 0.29) is 53.3 Å². The average molecular weight is 430 g/mol. The molecule has 29 heavy (non-hydrogen) atoms. The van der Waals surface area contributed by atoms with Gasteiger partial charge in [-0.15, -0.1) is 5.10 Å². The molecule has 0 fully saturated rings. The van der Waals surface area contributed by atoms with Gasteiger partial charge >= 0.3 is 0 Å². The van der Waals surface area contributed by atoms with Crippen LogP contribution in [0, 0.1) is 17.5 Å². The number of benzene rings is 2. The minimum absolute atomic E-state index is 0.0221. The van der Waals surface area contributed by atoms with Gasteiger partial charge in [0.1, 0.15) is 24.0 Å². The molecule has 0 bridgehead atoms. The molecule has 0 amide bonds. The lowest BCUT2D eigenvalue weighted by molar-refractivity contribution is 0.0656. The van der Waals surface area contributed by atoms with Gasteiger partial charge in [-0.05, 0) is 6.07 Å². The van der Waals surface area contributed by atoms with Crippen LogP contribution in [0.5, 0.6) is 5.75 Å². The van der Waals surface area contributed by atoms with Crippen LogP contribution in [-0.4, -0.2) is 37.9 Å². The van der Waals surface area contributed by atoms with Crippen molar-refractivity contribution in [3.05, 3.63) is 57.9 Å². The average Bonchev–Trinajstić information content (AvgIpc) is 2.65. The largest absolute Gasteiger partial charge is 0.489 e. The highest BCUT2D eigenvalue weighted by Gasteiger charge is 2.29. The maximum Gasteiger partial charge on any atom is 0.157 e. The fraction of sp³-hybridized carbons (Fsp3) is 0.278. The van der Waals surface area contributed by atoms with E-state index in [1.165, 1.54) is 19.2 Å². The number of fused-ring (bicyclic) bond motifs is 1. The van der Waals surface area contributed by atoms with Crippen molar-refractivity contribution in [3.63, 3.8) is 0 Å². The number of halogens is 4. The summed E-state index contributed by atoms with van der Waals surface area (Å²) in [7, 11) is 1.40. The highest BCUT2D eigenvalue weighted by molar-refractivity contribution is 6.31. The van der Waals surface area contributed by atoms with Crippen molar-refractivity contribution in [1.29, 1.82) is 0 Å². The molecule has 0 spiro atoms. The summed E-state index contributed by atoms with van der Waals surface area (Å²) in [6.45, 7) is 0.483. The predicted octanol–water partition coefficient (Wildman–Crippen LogP) is 2.56. The number of hydrogen-bond acceptors (Lipinski definition) is 6. The Labute approximate surface area is 170 Å².